The molecule has 328 valence electrons. The first-order chi connectivity index (χ1) is 27.5. The lowest BCUT2D eigenvalue weighted by Crippen LogP contribution is -2.50. The minimum absolute atomic E-state index is 0.0376. The third-order valence-corrected chi connectivity index (χ3v) is 8.89. The van der Waals surface area contributed by atoms with E-state index in [9.17, 15) is 54.7 Å². The number of alkyl halides is 7. The molecule has 60 heavy (non-hydrogen) atoms. The van der Waals surface area contributed by atoms with Crippen LogP contribution in [0.4, 0.5) is 41.2 Å². The third kappa shape index (κ3) is 13.3. The molecule has 17 heteroatoms. The Morgan fingerprint density at radius 1 is 0.717 bits per heavy atom. The molecule has 0 aliphatic carbocycles. The van der Waals surface area contributed by atoms with Crippen LogP contribution >= 0.6 is 0 Å². The maximum absolute atomic E-state index is 14.8. The van der Waals surface area contributed by atoms with E-state index in [1.54, 1.807) is 71.9 Å². The number of hydrogen-bond acceptors (Lipinski definition) is 7. The molecule has 1 atom stereocenters. The van der Waals surface area contributed by atoms with Crippen LogP contribution in [0, 0.1) is 13.8 Å². The van der Waals surface area contributed by atoms with Crippen LogP contribution in [0.25, 0.3) is 0 Å². The molecule has 0 aromatic heterocycles. The van der Waals surface area contributed by atoms with Gasteiger partial charge >= 0.3 is 30.1 Å². The second kappa shape index (κ2) is 19.3. The number of Topliss-reactive ketones (excluding diaryl/α,β-unsaturated/α-hetero) is 1. The van der Waals surface area contributed by atoms with E-state index in [2.05, 4.69) is 10.6 Å². The molecule has 0 saturated heterocycles. The number of carbonyl (C=O) groups excluding carboxylic acids is 5. The number of carbonyl (C=O) groups is 5. The molecule has 0 saturated carbocycles. The summed E-state index contributed by atoms with van der Waals surface area (Å²) in [7, 11) is 0. The van der Waals surface area contributed by atoms with Crippen molar-refractivity contribution in [1.82, 2.24) is 10.6 Å². The van der Waals surface area contributed by atoms with E-state index in [0.29, 0.717) is 12.1 Å². The van der Waals surface area contributed by atoms with Gasteiger partial charge in [-0.1, -0.05) is 42.5 Å². The molecule has 2 N–H and O–H groups in total. The van der Waals surface area contributed by atoms with E-state index in [0.717, 1.165) is 0 Å². The monoisotopic (exact) mass is 853 g/mol. The summed E-state index contributed by atoms with van der Waals surface area (Å²) in [5, 5.41) is 5.24. The Balaban J connectivity index is 1.78. The standard InChI is InChI=1S/C43H50F7N3O7/c1-26-22-30(41(44,42(45,46)47)43(48,49)50)23-27(2)32(26)25-34(54)29-16-12-17-31(24-29)53(36(56)28-14-10-9-11-15-28)21-19-35(55)51-20-13-18-33(37(57)59-39(3,4)5)52-38(58)60-40(6,7)8/h9-12,14-17,22-24,33H,13,18-21,25H2,1-8H3,(H,51,55)(H,52,58). The second-order valence-electron chi connectivity index (χ2n) is 16.2. The number of anilines is 1. The van der Waals surface area contributed by atoms with Crippen molar-refractivity contribution in [3.05, 3.63) is 100 Å². The van der Waals surface area contributed by atoms with Crippen LogP contribution in [0.3, 0.4) is 0 Å². The van der Waals surface area contributed by atoms with Gasteiger partial charge in [0, 0.05) is 48.3 Å². The smallest absolute Gasteiger partial charge is 0.435 e. The first-order valence-corrected chi connectivity index (χ1v) is 19.0. The van der Waals surface area contributed by atoms with Crippen LogP contribution in [-0.4, -0.2) is 72.3 Å². The molecule has 0 radical (unpaired) electrons. The highest BCUT2D eigenvalue weighted by Gasteiger charge is 2.73. The molecule has 3 rings (SSSR count). The predicted octanol–water partition coefficient (Wildman–Crippen LogP) is 9.19. The molecule has 1 unspecified atom stereocenters. The summed E-state index contributed by atoms with van der Waals surface area (Å²) in [6.45, 7) is 12.3. The maximum atomic E-state index is 14.8. The summed E-state index contributed by atoms with van der Waals surface area (Å²) >= 11 is 0. The summed E-state index contributed by atoms with van der Waals surface area (Å²) in [6.07, 6.45) is -13.8. The largest absolute Gasteiger partial charge is 0.458 e. The average Bonchev–Trinajstić information content (AvgIpc) is 3.11. The Bertz CT molecular complexity index is 1980. The molecule has 0 fully saturated rings. The number of hydrogen-bond donors (Lipinski definition) is 2. The van der Waals surface area contributed by atoms with Gasteiger partial charge in [-0.25, -0.2) is 14.0 Å². The fraction of sp³-hybridized carbons (Fsp3) is 0.465. The number of esters is 1. The van der Waals surface area contributed by atoms with Crippen molar-refractivity contribution in [3.8, 4) is 0 Å². The van der Waals surface area contributed by atoms with Gasteiger partial charge in [0.25, 0.3) is 5.91 Å². The molecule has 0 bridgehead atoms. The van der Waals surface area contributed by atoms with Crippen molar-refractivity contribution in [1.29, 1.82) is 0 Å². The summed E-state index contributed by atoms with van der Waals surface area (Å²) < 4.78 is 106. The number of nitrogens with one attached hydrogen (secondary N) is 2. The van der Waals surface area contributed by atoms with Crippen molar-refractivity contribution in [2.75, 3.05) is 18.0 Å². The van der Waals surface area contributed by atoms with E-state index in [1.807, 2.05) is 0 Å². The maximum Gasteiger partial charge on any atom is 0.435 e. The van der Waals surface area contributed by atoms with Gasteiger partial charge in [-0.3, -0.25) is 14.4 Å². The number of nitrogens with zero attached hydrogens (tertiary/aromatic N) is 1. The van der Waals surface area contributed by atoms with Crippen molar-refractivity contribution in [3.63, 3.8) is 0 Å². The molecular formula is C43H50F7N3O7. The van der Waals surface area contributed by atoms with E-state index in [-0.39, 0.29) is 65.9 Å². The van der Waals surface area contributed by atoms with Gasteiger partial charge in [0.15, 0.2) is 5.78 Å². The molecule has 0 heterocycles. The molecular weight excluding hydrogens is 803 g/mol. The number of benzene rings is 3. The van der Waals surface area contributed by atoms with Gasteiger partial charge < -0.3 is 25.0 Å². The quantitative estimate of drug-likeness (QED) is 0.0675. The van der Waals surface area contributed by atoms with Gasteiger partial charge in [0.05, 0.1) is 0 Å². The number of halogens is 7. The summed E-state index contributed by atoms with van der Waals surface area (Å²) in [5.41, 5.74) is -8.70. The molecule has 0 spiro atoms. The van der Waals surface area contributed by atoms with Gasteiger partial charge in [0.2, 0.25) is 5.91 Å². The fourth-order valence-corrected chi connectivity index (χ4v) is 6.06. The highest BCUT2D eigenvalue weighted by atomic mass is 19.4. The SMILES string of the molecule is Cc1cc(C(F)(C(F)(F)F)C(F)(F)F)cc(C)c1CC(=O)c1cccc(N(CCC(=O)NCCCC(NC(=O)OC(C)(C)C)C(=O)OC(C)(C)C)C(=O)c2ccccc2)c1. The van der Waals surface area contributed by atoms with Crippen LogP contribution in [-0.2, 0) is 31.2 Å². The molecule has 3 amide bonds. The normalized spacial score (nSPS) is 12.9. The van der Waals surface area contributed by atoms with E-state index in [1.165, 1.54) is 43.0 Å². The molecule has 10 nitrogen and oxygen atoms in total. The van der Waals surface area contributed by atoms with Crippen LogP contribution in [0.15, 0.2) is 66.7 Å². The van der Waals surface area contributed by atoms with Crippen LogP contribution in [0.5, 0.6) is 0 Å². The summed E-state index contributed by atoms with van der Waals surface area (Å²) in [5.74, 6) is -2.28. The molecule has 0 aliphatic rings. The van der Waals surface area contributed by atoms with Gasteiger partial charge in [-0.2, -0.15) is 26.3 Å². The number of rotatable bonds is 15. The minimum atomic E-state index is -6.30. The van der Waals surface area contributed by atoms with Crippen LogP contribution in [0.2, 0.25) is 0 Å². The second-order valence-corrected chi connectivity index (χ2v) is 16.2. The Morgan fingerprint density at radius 2 is 1.27 bits per heavy atom. The Hall–Kier alpha value is -5.48. The van der Waals surface area contributed by atoms with Crippen molar-refractivity contribution in [2.24, 2.45) is 0 Å². The zero-order chi connectivity index (χ0) is 45.4. The van der Waals surface area contributed by atoms with Crippen molar-refractivity contribution < 1.29 is 64.2 Å². The number of ether oxygens (including phenoxy) is 2. The van der Waals surface area contributed by atoms with E-state index in [4.69, 9.17) is 9.47 Å². The zero-order valence-corrected chi connectivity index (χ0v) is 34.6. The zero-order valence-electron chi connectivity index (χ0n) is 34.6. The van der Waals surface area contributed by atoms with Crippen molar-refractivity contribution >= 4 is 35.3 Å². The molecule has 3 aromatic rings. The highest BCUT2D eigenvalue weighted by molar-refractivity contribution is 6.07. The highest BCUT2D eigenvalue weighted by Crippen LogP contribution is 2.53. The minimum Gasteiger partial charge on any atom is -0.458 e. The average molecular weight is 854 g/mol. The van der Waals surface area contributed by atoms with Gasteiger partial charge in [0.1, 0.15) is 17.2 Å². The predicted molar refractivity (Wildman–Crippen MR) is 209 cm³/mol. The fourth-order valence-electron chi connectivity index (χ4n) is 6.06. The summed E-state index contributed by atoms with van der Waals surface area (Å²) in [6, 6.07) is 13.6. The number of alkyl carbamates (subject to hydrolysis) is 1. The number of aryl methyl sites for hydroxylation is 2. The Labute approximate surface area is 344 Å². The third-order valence-electron chi connectivity index (χ3n) is 8.89. The Kier molecular flexibility index (Phi) is 15.7. The summed E-state index contributed by atoms with van der Waals surface area (Å²) in [4.78, 5) is 66.9. The van der Waals surface area contributed by atoms with Gasteiger partial charge in [-0.05, 0) is 109 Å². The lowest BCUT2D eigenvalue weighted by atomic mass is 9.87. The van der Waals surface area contributed by atoms with E-state index < -0.39 is 76.9 Å². The van der Waals surface area contributed by atoms with Crippen LogP contribution in [0.1, 0.15) is 104 Å². The Morgan fingerprint density at radius 3 is 1.80 bits per heavy atom. The number of amides is 3. The lowest BCUT2D eigenvalue weighted by molar-refractivity contribution is -0.348. The first-order valence-electron chi connectivity index (χ1n) is 19.0. The van der Waals surface area contributed by atoms with Gasteiger partial charge in [-0.15, -0.1) is 0 Å². The van der Waals surface area contributed by atoms with Crippen molar-refractivity contribution in [2.45, 2.75) is 116 Å². The molecule has 3 aromatic carbocycles. The molecule has 0 aliphatic heterocycles. The topological polar surface area (TPSA) is 131 Å². The number of ketones is 1. The van der Waals surface area contributed by atoms with E-state index >= 15 is 0 Å². The van der Waals surface area contributed by atoms with Crippen LogP contribution < -0.4 is 15.5 Å². The lowest BCUT2D eigenvalue weighted by Gasteiger charge is -2.31. The first kappa shape index (κ1) is 48.9.